The molecule has 0 aliphatic carbocycles. The van der Waals surface area contributed by atoms with Crippen molar-refractivity contribution in [1.82, 2.24) is 15.2 Å². The van der Waals surface area contributed by atoms with Crippen molar-refractivity contribution in [2.75, 3.05) is 13.7 Å². The second kappa shape index (κ2) is 6.14. The summed E-state index contributed by atoms with van der Waals surface area (Å²) < 4.78 is 13.2. The molecule has 7 heteroatoms. The van der Waals surface area contributed by atoms with Gasteiger partial charge in [-0.2, -0.15) is 5.10 Å². The molecule has 0 saturated heterocycles. The fourth-order valence-corrected chi connectivity index (χ4v) is 2.29. The first kappa shape index (κ1) is 13.3. The van der Waals surface area contributed by atoms with Gasteiger partial charge in [-0.25, -0.2) is 5.43 Å². The van der Waals surface area contributed by atoms with Crippen LogP contribution in [-0.4, -0.2) is 23.5 Å². The van der Waals surface area contributed by atoms with E-state index in [4.69, 9.17) is 15.0 Å². The number of aromatic nitrogens is 2. The molecular formula is C11H15BrN4O2. The highest BCUT2D eigenvalue weighted by Crippen LogP contribution is 2.28. The number of methoxy groups -OCH3 is 1. The smallest absolute Gasteiger partial charge is 0.128 e. The number of halogens is 1. The lowest BCUT2D eigenvalue weighted by molar-refractivity contribution is 0.181. The lowest BCUT2D eigenvalue weighted by Gasteiger charge is -2.16. The minimum atomic E-state index is -0.256. The van der Waals surface area contributed by atoms with E-state index in [-0.39, 0.29) is 6.04 Å². The van der Waals surface area contributed by atoms with Gasteiger partial charge in [0, 0.05) is 7.11 Å². The topological polar surface area (TPSA) is 78.2 Å². The summed E-state index contributed by atoms with van der Waals surface area (Å²) in [6, 6.07) is 3.43. The van der Waals surface area contributed by atoms with E-state index in [0.717, 1.165) is 15.9 Å². The first-order valence-corrected chi connectivity index (χ1v) is 6.27. The van der Waals surface area contributed by atoms with Crippen molar-refractivity contribution in [3.63, 3.8) is 0 Å². The average molecular weight is 315 g/mol. The van der Waals surface area contributed by atoms with Crippen molar-refractivity contribution in [2.24, 2.45) is 5.84 Å². The van der Waals surface area contributed by atoms with Crippen LogP contribution in [0.2, 0.25) is 0 Å². The van der Waals surface area contributed by atoms with Gasteiger partial charge in [-0.1, -0.05) is 0 Å². The SMILES string of the molecule is COCCn1ncc(Br)c1C(NN)c1ccco1. The highest BCUT2D eigenvalue weighted by atomic mass is 79.9. The molecule has 3 N–H and O–H groups in total. The minimum Gasteiger partial charge on any atom is -0.467 e. The first-order valence-electron chi connectivity index (χ1n) is 5.47. The normalized spacial score (nSPS) is 12.8. The number of hydrazine groups is 1. The van der Waals surface area contributed by atoms with Crippen LogP contribution in [0.25, 0.3) is 0 Å². The molecule has 6 nitrogen and oxygen atoms in total. The Balaban J connectivity index is 2.32. The monoisotopic (exact) mass is 314 g/mol. The van der Waals surface area contributed by atoms with E-state index in [1.165, 1.54) is 0 Å². The van der Waals surface area contributed by atoms with Crippen molar-refractivity contribution in [3.05, 3.63) is 40.5 Å². The van der Waals surface area contributed by atoms with Crippen LogP contribution in [0, 0.1) is 0 Å². The Bertz CT molecular complexity index is 483. The predicted octanol–water partition coefficient (Wildman–Crippen LogP) is 1.44. The molecular weight excluding hydrogens is 300 g/mol. The van der Waals surface area contributed by atoms with Crippen LogP contribution < -0.4 is 11.3 Å². The van der Waals surface area contributed by atoms with Crippen LogP contribution in [-0.2, 0) is 11.3 Å². The highest BCUT2D eigenvalue weighted by Gasteiger charge is 2.22. The quantitative estimate of drug-likeness (QED) is 0.623. The third kappa shape index (κ3) is 2.64. The zero-order valence-corrected chi connectivity index (χ0v) is 11.6. The molecule has 0 bridgehead atoms. The Morgan fingerprint density at radius 2 is 2.50 bits per heavy atom. The van der Waals surface area contributed by atoms with Crippen molar-refractivity contribution >= 4 is 15.9 Å². The van der Waals surface area contributed by atoms with E-state index in [2.05, 4.69) is 26.5 Å². The van der Waals surface area contributed by atoms with Crippen molar-refractivity contribution in [1.29, 1.82) is 0 Å². The molecule has 0 aliphatic rings. The maximum Gasteiger partial charge on any atom is 0.128 e. The zero-order chi connectivity index (χ0) is 13.0. The van der Waals surface area contributed by atoms with Crippen LogP contribution in [0.4, 0.5) is 0 Å². The molecule has 18 heavy (non-hydrogen) atoms. The number of furan rings is 1. The lowest BCUT2D eigenvalue weighted by Crippen LogP contribution is -2.31. The molecule has 1 atom stereocenters. The van der Waals surface area contributed by atoms with Gasteiger partial charge >= 0.3 is 0 Å². The molecule has 1 unspecified atom stereocenters. The van der Waals surface area contributed by atoms with Gasteiger partial charge in [0.1, 0.15) is 11.8 Å². The van der Waals surface area contributed by atoms with Gasteiger partial charge in [0.2, 0.25) is 0 Å². The Hall–Kier alpha value is -1.15. The van der Waals surface area contributed by atoms with Crippen LogP contribution in [0.5, 0.6) is 0 Å². The average Bonchev–Trinajstić information content (AvgIpc) is 3.00. The summed E-state index contributed by atoms with van der Waals surface area (Å²) in [6.45, 7) is 1.23. The Labute approximate surface area is 113 Å². The van der Waals surface area contributed by atoms with E-state index < -0.39 is 0 Å². The number of hydrogen-bond acceptors (Lipinski definition) is 5. The number of ether oxygens (including phenoxy) is 1. The summed E-state index contributed by atoms with van der Waals surface area (Å²) in [4.78, 5) is 0. The van der Waals surface area contributed by atoms with Gasteiger partial charge in [0.25, 0.3) is 0 Å². The fourth-order valence-electron chi connectivity index (χ4n) is 1.77. The Morgan fingerprint density at radius 3 is 3.11 bits per heavy atom. The number of nitrogens with zero attached hydrogens (tertiary/aromatic N) is 2. The van der Waals surface area contributed by atoms with Gasteiger partial charge in [-0.05, 0) is 28.1 Å². The number of nitrogens with one attached hydrogen (secondary N) is 1. The summed E-state index contributed by atoms with van der Waals surface area (Å²) >= 11 is 3.47. The molecule has 2 aromatic heterocycles. The Kier molecular flexibility index (Phi) is 4.54. The predicted molar refractivity (Wildman–Crippen MR) is 69.7 cm³/mol. The van der Waals surface area contributed by atoms with Crippen molar-refractivity contribution in [3.8, 4) is 0 Å². The Morgan fingerprint density at radius 1 is 1.67 bits per heavy atom. The van der Waals surface area contributed by atoms with Crippen LogP contribution in [0.15, 0.2) is 33.5 Å². The lowest BCUT2D eigenvalue weighted by atomic mass is 10.1. The van der Waals surface area contributed by atoms with E-state index in [9.17, 15) is 0 Å². The summed E-state index contributed by atoms with van der Waals surface area (Å²) in [5.41, 5.74) is 3.65. The largest absolute Gasteiger partial charge is 0.467 e. The van der Waals surface area contributed by atoms with Gasteiger partial charge in [0.15, 0.2) is 0 Å². The molecule has 2 aromatic rings. The van der Waals surface area contributed by atoms with E-state index in [1.54, 1.807) is 19.6 Å². The van der Waals surface area contributed by atoms with Gasteiger partial charge in [-0.3, -0.25) is 10.5 Å². The summed E-state index contributed by atoms with van der Waals surface area (Å²) in [6.07, 6.45) is 3.35. The van der Waals surface area contributed by atoms with Gasteiger partial charge < -0.3 is 9.15 Å². The van der Waals surface area contributed by atoms with Crippen molar-refractivity contribution in [2.45, 2.75) is 12.6 Å². The standard InChI is InChI=1S/C11H15BrN4O2/c1-17-6-4-16-11(8(12)7-14-16)10(15-13)9-3-2-5-18-9/h2-3,5,7,10,15H,4,6,13H2,1H3. The summed E-state index contributed by atoms with van der Waals surface area (Å²) in [5.74, 6) is 6.35. The zero-order valence-electron chi connectivity index (χ0n) is 9.97. The third-order valence-electron chi connectivity index (χ3n) is 2.61. The number of nitrogens with two attached hydrogens (primary N) is 1. The van der Waals surface area contributed by atoms with E-state index >= 15 is 0 Å². The van der Waals surface area contributed by atoms with Crippen LogP contribution in [0.3, 0.4) is 0 Å². The molecule has 2 rings (SSSR count). The molecule has 0 radical (unpaired) electrons. The van der Waals surface area contributed by atoms with E-state index in [1.807, 2.05) is 16.8 Å². The van der Waals surface area contributed by atoms with Gasteiger partial charge in [-0.15, -0.1) is 0 Å². The second-order valence-corrected chi connectivity index (χ2v) is 4.56. The van der Waals surface area contributed by atoms with Crippen molar-refractivity contribution < 1.29 is 9.15 Å². The molecule has 0 amide bonds. The molecule has 0 aliphatic heterocycles. The maximum absolute atomic E-state index is 5.62. The fraction of sp³-hybridized carbons (Fsp3) is 0.364. The number of hydrogen-bond donors (Lipinski definition) is 2. The van der Waals surface area contributed by atoms with Crippen LogP contribution in [0.1, 0.15) is 17.5 Å². The molecule has 0 fully saturated rings. The minimum absolute atomic E-state index is 0.256. The van der Waals surface area contributed by atoms with Gasteiger partial charge in [0.05, 0.1) is 35.8 Å². The third-order valence-corrected chi connectivity index (χ3v) is 3.22. The highest BCUT2D eigenvalue weighted by molar-refractivity contribution is 9.10. The summed E-state index contributed by atoms with van der Waals surface area (Å²) in [7, 11) is 1.66. The molecule has 2 heterocycles. The molecule has 0 aromatic carbocycles. The van der Waals surface area contributed by atoms with Crippen LogP contribution >= 0.6 is 15.9 Å². The summed E-state index contributed by atoms with van der Waals surface area (Å²) in [5, 5.41) is 4.28. The maximum atomic E-state index is 5.62. The molecule has 0 spiro atoms. The second-order valence-electron chi connectivity index (χ2n) is 3.71. The first-order chi connectivity index (χ1) is 8.77. The molecule has 98 valence electrons. The number of rotatable bonds is 6. The molecule has 0 saturated carbocycles. The van der Waals surface area contributed by atoms with E-state index in [0.29, 0.717) is 13.2 Å².